The van der Waals surface area contributed by atoms with Gasteiger partial charge in [0.2, 0.25) is 0 Å². The summed E-state index contributed by atoms with van der Waals surface area (Å²) < 4.78 is 12.2. The molecule has 0 atom stereocenters. The zero-order valence-electron chi connectivity index (χ0n) is 16.9. The van der Waals surface area contributed by atoms with Crippen LogP contribution < -0.4 is 0 Å². The number of rotatable bonds is 8. The van der Waals surface area contributed by atoms with Crippen molar-refractivity contribution in [2.24, 2.45) is 0 Å². The highest BCUT2D eigenvalue weighted by molar-refractivity contribution is 6.45. The third-order valence-corrected chi connectivity index (χ3v) is 5.44. The van der Waals surface area contributed by atoms with Crippen molar-refractivity contribution >= 4 is 7.12 Å². The molecule has 27 heavy (non-hydrogen) atoms. The lowest BCUT2D eigenvalue weighted by molar-refractivity contribution is 0.00578. The molecule has 0 bridgehead atoms. The van der Waals surface area contributed by atoms with Gasteiger partial charge in [-0.1, -0.05) is 12.1 Å². The minimum atomic E-state index is -0.265. The molecule has 1 fully saturated rings. The number of pyridine rings is 2. The molecule has 0 aliphatic carbocycles. The predicted octanol–water partition coefficient (Wildman–Crippen LogP) is 3.96. The third-order valence-electron chi connectivity index (χ3n) is 5.44. The Labute approximate surface area is 163 Å². The van der Waals surface area contributed by atoms with Gasteiger partial charge in [-0.05, 0) is 71.2 Å². The van der Waals surface area contributed by atoms with E-state index < -0.39 is 0 Å². The van der Waals surface area contributed by atoms with Gasteiger partial charge < -0.3 is 9.31 Å². The second-order valence-electron chi connectivity index (χ2n) is 8.18. The van der Waals surface area contributed by atoms with Gasteiger partial charge in [-0.3, -0.25) is 14.9 Å². The Hall–Kier alpha value is -1.76. The molecule has 0 unspecified atom stereocenters. The lowest BCUT2D eigenvalue weighted by atomic mass is 9.83. The maximum absolute atomic E-state index is 6.12. The topological polar surface area (TPSA) is 47.5 Å². The van der Waals surface area contributed by atoms with E-state index >= 15 is 0 Å². The summed E-state index contributed by atoms with van der Waals surface area (Å²) in [5, 5.41) is 0. The van der Waals surface area contributed by atoms with Crippen molar-refractivity contribution in [2.75, 3.05) is 6.54 Å². The van der Waals surface area contributed by atoms with Crippen LogP contribution in [0.3, 0.4) is 0 Å². The Morgan fingerprint density at radius 1 is 0.852 bits per heavy atom. The van der Waals surface area contributed by atoms with Gasteiger partial charge in [0, 0.05) is 25.5 Å². The zero-order valence-corrected chi connectivity index (χ0v) is 16.9. The van der Waals surface area contributed by atoms with Gasteiger partial charge in [-0.2, -0.15) is 0 Å². The minimum absolute atomic E-state index is 0.137. The molecule has 0 saturated carbocycles. The van der Waals surface area contributed by atoms with E-state index in [1.807, 2.05) is 36.7 Å². The standard InChI is InChI=1S/C21H30BN3O2/c1-20(2)21(3,4)27-22(26-20)12-9-15-25(16-18-10-5-7-13-23-18)17-19-11-6-8-14-24-19/h5-8,10-11,13-14H,9,12,15-17H2,1-4H3. The molecule has 144 valence electrons. The average molecular weight is 367 g/mol. The minimum Gasteiger partial charge on any atom is -0.403 e. The fourth-order valence-corrected chi connectivity index (χ4v) is 3.22. The van der Waals surface area contributed by atoms with E-state index in [0.29, 0.717) is 0 Å². The highest BCUT2D eigenvalue weighted by atomic mass is 16.7. The Kier molecular flexibility index (Phi) is 6.30. The van der Waals surface area contributed by atoms with Crippen LogP contribution in [0.2, 0.25) is 6.32 Å². The zero-order chi connectivity index (χ0) is 19.3. The summed E-state index contributed by atoms with van der Waals surface area (Å²) in [6.45, 7) is 10.9. The lowest BCUT2D eigenvalue weighted by Crippen LogP contribution is -2.41. The summed E-state index contributed by atoms with van der Waals surface area (Å²) in [4.78, 5) is 11.3. The first kappa shape index (κ1) is 20.0. The first-order chi connectivity index (χ1) is 12.9. The van der Waals surface area contributed by atoms with Crippen LogP contribution in [0.25, 0.3) is 0 Å². The van der Waals surface area contributed by atoms with Crippen LogP contribution in [0.15, 0.2) is 48.8 Å². The summed E-state index contributed by atoms with van der Waals surface area (Å²) >= 11 is 0. The first-order valence-electron chi connectivity index (χ1n) is 9.73. The second kappa shape index (κ2) is 8.51. The summed E-state index contributed by atoms with van der Waals surface area (Å²) in [6, 6.07) is 12.1. The van der Waals surface area contributed by atoms with Crippen molar-refractivity contribution in [2.45, 2.75) is 64.7 Å². The fourth-order valence-electron chi connectivity index (χ4n) is 3.22. The van der Waals surface area contributed by atoms with Crippen LogP contribution in [-0.2, 0) is 22.4 Å². The lowest BCUT2D eigenvalue weighted by Gasteiger charge is -2.32. The van der Waals surface area contributed by atoms with Gasteiger partial charge in [0.15, 0.2) is 0 Å². The summed E-state index contributed by atoms with van der Waals surface area (Å²) in [5.41, 5.74) is 1.62. The Bertz CT molecular complexity index is 652. The molecule has 1 aliphatic heterocycles. The molecule has 6 heteroatoms. The maximum Gasteiger partial charge on any atom is 0.457 e. The van der Waals surface area contributed by atoms with Gasteiger partial charge >= 0.3 is 7.12 Å². The van der Waals surface area contributed by atoms with Gasteiger partial charge in [0.1, 0.15) is 0 Å². The first-order valence-corrected chi connectivity index (χ1v) is 9.73. The van der Waals surface area contributed by atoms with Crippen LogP contribution in [-0.4, -0.2) is 39.7 Å². The number of nitrogens with zero attached hydrogens (tertiary/aromatic N) is 3. The quantitative estimate of drug-likeness (QED) is 0.661. The number of hydrogen-bond donors (Lipinski definition) is 0. The molecule has 0 spiro atoms. The number of hydrogen-bond acceptors (Lipinski definition) is 5. The van der Waals surface area contributed by atoms with Crippen molar-refractivity contribution in [3.8, 4) is 0 Å². The molecule has 1 aliphatic rings. The van der Waals surface area contributed by atoms with Crippen molar-refractivity contribution in [3.05, 3.63) is 60.2 Å². The third kappa shape index (κ3) is 5.37. The van der Waals surface area contributed by atoms with E-state index in [-0.39, 0.29) is 18.3 Å². The van der Waals surface area contributed by atoms with Crippen molar-refractivity contribution in [3.63, 3.8) is 0 Å². The smallest absolute Gasteiger partial charge is 0.403 e. The molecule has 3 heterocycles. The predicted molar refractivity (Wildman–Crippen MR) is 108 cm³/mol. The fraction of sp³-hybridized carbons (Fsp3) is 0.524. The van der Waals surface area contributed by atoms with E-state index in [1.165, 1.54) is 0 Å². The normalized spacial score (nSPS) is 18.2. The molecule has 0 N–H and O–H groups in total. The highest BCUT2D eigenvalue weighted by Gasteiger charge is 2.50. The van der Waals surface area contributed by atoms with Crippen LogP contribution >= 0.6 is 0 Å². The molecular weight excluding hydrogens is 337 g/mol. The van der Waals surface area contributed by atoms with Crippen molar-refractivity contribution in [1.29, 1.82) is 0 Å². The molecule has 0 radical (unpaired) electrons. The molecule has 0 amide bonds. The summed E-state index contributed by atoms with van der Waals surface area (Å²) in [5.74, 6) is 0. The molecule has 0 aromatic carbocycles. The van der Waals surface area contributed by atoms with E-state index in [0.717, 1.165) is 43.8 Å². The molecular formula is C21H30BN3O2. The van der Waals surface area contributed by atoms with Crippen LogP contribution in [0.5, 0.6) is 0 Å². The van der Waals surface area contributed by atoms with E-state index in [1.54, 1.807) is 0 Å². The Morgan fingerprint density at radius 2 is 1.37 bits per heavy atom. The number of aromatic nitrogens is 2. The van der Waals surface area contributed by atoms with Gasteiger partial charge in [0.25, 0.3) is 0 Å². The van der Waals surface area contributed by atoms with Crippen molar-refractivity contribution in [1.82, 2.24) is 14.9 Å². The SMILES string of the molecule is CC1(C)OB(CCCN(Cc2ccccn2)Cc2ccccn2)OC1(C)C. The molecule has 5 nitrogen and oxygen atoms in total. The second-order valence-corrected chi connectivity index (χ2v) is 8.18. The van der Waals surface area contributed by atoms with E-state index in [2.05, 4.69) is 54.7 Å². The monoisotopic (exact) mass is 367 g/mol. The van der Waals surface area contributed by atoms with Crippen LogP contribution in [0.1, 0.15) is 45.5 Å². The van der Waals surface area contributed by atoms with Gasteiger partial charge in [-0.25, -0.2) is 0 Å². The Morgan fingerprint density at radius 3 is 1.81 bits per heavy atom. The largest absolute Gasteiger partial charge is 0.457 e. The highest BCUT2D eigenvalue weighted by Crippen LogP contribution is 2.37. The average Bonchev–Trinajstić information content (AvgIpc) is 2.83. The molecule has 2 aromatic rings. The van der Waals surface area contributed by atoms with Crippen molar-refractivity contribution < 1.29 is 9.31 Å². The molecule has 2 aromatic heterocycles. The van der Waals surface area contributed by atoms with Gasteiger partial charge in [-0.15, -0.1) is 0 Å². The van der Waals surface area contributed by atoms with E-state index in [4.69, 9.17) is 9.31 Å². The van der Waals surface area contributed by atoms with Crippen LogP contribution in [0, 0.1) is 0 Å². The molecule has 3 rings (SSSR count). The summed E-state index contributed by atoms with van der Waals surface area (Å²) in [7, 11) is -0.137. The maximum atomic E-state index is 6.12. The Balaban J connectivity index is 1.57. The van der Waals surface area contributed by atoms with E-state index in [9.17, 15) is 0 Å². The van der Waals surface area contributed by atoms with Gasteiger partial charge in [0.05, 0.1) is 22.6 Å². The summed E-state index contributed by atoms with van der Waals surface area (Å²) in [6.07, 6.45) is 5.57. The molecule has 1 saturated heterocycles. The van der Waals surface area contributed by atoms with Crippen LogP contribution in [0.4, 0.5) is 0 Å².